The van der Waals surface area contributed by atoms with Crippen LogP contribution in [0.2, 0.25) is 5.15 Å². The van der Waals surface area contributed by atoms with E-state index in [0.29, 0.717) is 23.5 Å². The molecule has 5 rings (SSSR count). The molecular weight excluding hydrogens is 591 g/mol. The first kappa shape index (κ1) is 28.0. The van der Waals surface area contributed by atoms with Crippen molar-refractivity contribution in [1.82, 2.24) is 24.8 Å². The highest BCUT2D eigenvalue weighted by Crippen LogP contribution is 2.41. The van der Waals surface area contributed by atoms with Gasteiger partial charge in [-0.25, -0.2) is 14.2 Å². The average Bonchev–Trinajstić information content (AvgIpc) is 3.56. The molecule has 1 amide bonds. The number of hydrogen-bond acceptors (Lipinski definition) is 8. The Kier molecular flexibility index (Phi) is 7.54. The maximum absolute atomic E-state index is 15.4. The topological polar surface area (TPSA) is 83.9 Å². The fourth-order valence-electron chi connectivity index (χ4n) is 5.85. The summed E-state index contributed by atoms with van der Waals surface area (Å²) >= 11 is 9.53. The predicted octanol–water partition coefficient (Wildman–Crippen LogP) is 6.06. The number of carbonyl (C=O) groups is 1. The lowest BCUT2D eigenvalue weighted by atomic mass is 9.95. The summed E-state index contributed by atoms with van der Waals surface area (Å²) in [5, 5.41) is 0.00617. The van der Waals surface area contributed by atoms with Crippen LogP contribution in [0, 0.1) is 5.82 Å². The standard InChI is InChI=1S/C27H33BrClFN6O3/c1-6-16-14-35(17(7-2)36(16)25(37)39-26(3,4)5)23-18-20(19(30)22(29)32-21(18)28)31-24(33-23)38-15-27-10-8-12-34(27)13-9-11-27/h6-7,17H,2,8-15H2,1,3-5H3/b16-6-. The van der Waals surface area contributed by atoms with E-state index in [-0.39, 0.29) is 33.4 Å². The second kappa shape index (κ2) is 10.5. The van der Waals surface area contributed by atoms with Gasteiger partial charge in [-0.3, -0.25) is 9.80 Å². The van der Waals surface area contributed by atoms with Crippen LogP contribution in [0.5, 0.6) is 6.01 Å². The number of pyridine rings is 1. The number of amides is 1. The van der Waals surface area contributed by atoms with E-state index in [0.717, 1.165) is 38.8 Å². The zero-order chi connectivity index (χ0) is 28.1. The van der Waals surface area contributed by atoms with E-state index >= 15 is 4.39 Å². The number of ether oxygens (including phenoxy) is 2. The maximum Gasteiger partial charge on any atom is 0.416 e. The summed E-state index contributed by atoms with van der Waals surface area (Å²) in [4.78, 5) is 32.4. The lowest BCUT2D eigenvalue weighted by molar-refractivity contribution is 0.0304. The Balaban J connectivity index is 1.58. The van der Waals surface area contributed by atoms with E-state index in [1.807, 2.05) is 38.7 Å². The van der Waals surface area contributed by atoms with Crippen molar-refractivity contribution < 1.29 is 18.7 Å². The number of hydrogen-bond donors (Lipinski definition) is 0. The molecule has 2 aromatic heterocycles. The lowest BCUT2D eigenvalue weighted by Gasteiger charge is -2.32. The molecule has 39 heavy (non-hydrogen) atoms. The SMILES string of the molecule is C=CC1N(C(=O)OC(C)(C)C)/C(=C\C)CN1c1nc(OCC23CCCN2CCC3)nc2c(F)c(Cl)nc(Br)c12. The van der Waals surface area contributed by atoms with Crippen LogP contribution in [-0.2, 0) is 4.74 Å². The minimum atomic E-state index is -0.769. The largest absolute Gasteiger partial charge is 0.461 e. The summed E-state index contributed by atoms with van der Waals surface area (Å²) in [5.74, 6) is -0.429. The Morgan fingerprint density at radius 3 is 2.56 bits per heavy atom. The monoisotopic (exact) mass is 622 g/mol. The number of halogens is 3. The second-order valence-corrected chi connectivity index (χ2v) is 12.3. The van der Waals surface area contributed by atoms with Gasteiger partial charge in [0, 0.05) is 5.70 Å². The molecule has 1 unspecified atom stereocenters. The maximum atomic E-state index is 15.4. The van der Waals surface area contributed by atoms with Crippen molar-refractivity contribution in [3.8, 4) is 6.01 Å². The fourth-order valence-corrected chi connectivity index (χ4v) is 6.67. The van der Waals surface area contributed by atoms with Gasteiger partial charge >= 0.3 is 12.1 Å². The van der Waals surface area contributed by atoms with Crippen molar-refractivity contribution in [2.75, 3.05) is 31.1 Å². The molecule has 9 nitrogen and oxygen atoms in total. The molecule has 1 atom stereocenters. The van der Waals surface area contributed by atoms with Gasteiger partial charge in [0.25, 0.3) is 0 Å². The molecule has 0 aliphatic carbocycles. The first-order chi connectivity index (χ1) is 18.5. The van der Waals surface area contributed by atoms with Gasteiger partial charge in [-0.05, 0) is 88.5 Å². The molecule has 3 fully saturated rings. The normalized spacial score (nSPS) is 22.1. The molecule has 3 saturated heterocycles. The van der Waals surface area contributed by atoms with Crippen molar-refractivity contribution >= 4 is 50.3 Å². The highest BCUT2D eigenvalue weighted by atomic mass is 79.9. The molecule has 5 heterocycles. The van der Waals surface area contributed by atoms with Crippen LogP contribution < -0.4 is 9.64 Å². The second-order valence-electron chi connectivity index (χ2n) is 11.2. The van der Waals surface area contributed by atoms with Crippen molar-refractivity contribution in [3.05, 3.63) is 40.0 Å². The summed E-state index contributed by atoms with van der Waals surface area (Å²) in [6, 6.07) is 0.0410. The van der Waals surface area contributed by atoms with Gasteiger partial charge in [0.05, 0.1) is 17.5 Å². The Morgan fingerprint density at radius 1 is 1.26 bits per heavy atom. The molecule has 210 valence electrons. The molecule has 2 aromatic rings. The van der Waals surface area contributed by atoms with Crippen molar-refractivity contribution in [1.29, 1.82) is 0 Å². The Bertz CT molecular complexity index is 1340. The van der Waals surface area contributed by atoms with Gasteiger partial charge in [0.15, 0.2) is 11.0 Å². The van der Waals surface area contributed by atoms with Crippen LogP contribution in [0.1, 0.15) is 53.4 Å². The summed E-state index contributed by atoms with van der Waals surface area (Å²) in [6.45, 7) is 14.0. The van der Waals surface area contributed by atoms with Gasteiger partial charge in [-0.15, -0.1) is 0 Å². The van der Waals surface area contributed by atoms with Gasteiger partial charge in [0.2, 0.25) is 0 Å². The van der Waals surface area contributed by atoms with E-state index in [9.17, 15) is 4.79 Å². The van der Waals surface area contributed by atoms with Crippen LogP contribution in [-0.4, -0.2) is 74.4 Å². The van der Waals surface area contributed by atoms with E-state index in [1.54, 1.807) is 6.08 Å². The molecule has 0 saturated carbocycles. The van der Waals surface area contributed by atoms with Crippen LogP contribution in [0.4, 0.5) is 15.0 Å². The summed E-state index contributed by atoms with van der Waals surface area (Å²) in [7, 11) is 0. The molecule has 0 spiro atoms. The summed E-state index contributed by atoms with van der Waals surface area (Å²) in [6.07, 6.45) is 6.60. The Labute approximate surface area is 241 Å². The molecule has 0 bridgehead atoms. The zero-order valence-corrected chi connectivity index (χ0v) is 25.0. The van der Waals surface area contributed by atoms with Crippen molar-refractivity contribution in [2.24, 2.45) is 0 Å². The van der Waals surface area contributed by atoms with Gasteiger partial charge in [-0.1, -0.05) is 24.3 Å². The minimum absolute atomic E-state index is 0.0189. The van der Waals surface area contributed by atoms with E-state index < -0.39 is 23.7 Å². The number of carbonyl (C=O) groups excluding carboxylic acids is 1. The summed E-state index contributed by atoms with van der Waals surface area (Å²) < 4.78 is 27.6. The average molecular weight is 624 g/mol. The zero-order valence-electron chi connectivity index (χ0n) is 22.6. The molecule has 12 heteroatoms. The van der Waals surface area contributed by atoms with Gasteiger partial charge in [-0.2, -0.15) is 9.97 Å². The number of allylic oxidation sites excluding steroid dienone is 1. The van der Waals surface area contributed by atoms with Gasteiger partial charge < -0.3 is 14.4 Å². The third-order valence-corrected chi connectivity index (χ3v) is 8.40. The van der Waals surface area contributed by atoms with E-state index in [2.05, 4.69) is 37.4 Å². The van der Waals surface area contributed by atoms with Crippen molar-refractivity contribution in [2.45, 2.75) is 70.7 Å². The van der Waals surface area contributed by atoms with Gasteiger partial charge in [0.1, 0.15) is 34.3 Å². The number of rotatable bonds is 5. The molecule has 0 aromatic carbocycles. The Morgan fingerprint density at radius 2 is 1.95 bits per heavy atom. The predicted molar refractivity (Wildman–Crippen MR) is 151 cm³/mol. The van der Waals surface area contributed by atoms with Crippen molar-refractivity contribution in [3.63, 3.8) is 0 Å². The highest BCUT2D eigenvalue weighted by Gasteiger charge is 2.45. The number of aromatic nitrogens is 3. The molecule has 3 aliphatic rings. The van der Waals surface area contributed by atoms with E-state index in [4.69, 9.17) is 26.1 Å². The number of anilines is 1. The fraction of sp³-hybridized carbons (Fsp3) is 0.556. The highest BCUT2D eigenvalue weighted by molar-refractivity contribution is 9.10. The van der Waals surface area contributed by atoms with Crippen LogP contribution >= 0.6 is 27.5 Å². The number of nitrogens with zero attached hydrogens (tertiary/aromatic N) is 6. The Hall–Kier alpha value is -2.50. The quantitative estimate of drug-likeness (QED) is 0.294. The van der Waals surface area contributed by atoms with Crippen LogP contribution in [0.25, 0.3) is 10.9 Å². The molecular formula is C27H33BrClFN6O3. The molecule has 0 radical (unpaired) electrons. The third kappa shape index (κ3) is 5.09. The first-order valence-electron chi connectivity index (χ1n) is 13.1. The minimum Gasteiger partial charge on any atom is -0.461 e. The smallest absolute Gasteiger partial charge is 0.416 e. The first-order valence-corrected chi connectivity index (χ1v) is 14.3. The summed E-state index contributed by atoms with van der Waals surface area (Å²) in [5.41, 5.74) is -0.0719. The van der Waals surface area contributed by atoms with E-state index in [1.165, 1.54) is 4.90 Å². The molecule has 3 aliphatic heterocycles. The lowest BCUT2D eigenvalue weighted by Crippen LogP contribution is -2.44. The third-order valence-electron chi connectivity index (χ3n) is 7.57. The van der Waals surface area contributed by atoms with Crippen LogP contribution in [0.15, 0.2) is 29.0 Å². The van der Waals surface area contributed by atoms with Crippen LogP contribution in [0.3, 0.4) is 0 Å². The number of fused-ring (bicyclic) bond motifs is 2. The molecule has 0 N–H and O–H groups in total.